The lowest BCUT2D eigenvalue weighted by atomic mass is 9.98. The summed E-state index contributed by atoms with van der Waals surface area (Å²) >= 11 is 0. The third-order valence-electron chi connectivity index (χ3n) is 4.12. The molecule has 10 heteroatoms. The van der Waals surface area contributed by atoms with Crippen molar-refractivity contribution in [2.45, 2.75) is 50.2 Å². The summed E-state index contributed by atoms with van der Waals surface area (Å²) < 4.78 is 58.3. The number of primary amides is 1. The monoisotopic (exact) mass is 387 g/mol. The second-order valence-corrected chi connectivity index (χ2v) is 6.23. The molecule has 27 heavy (non-hydrogen) atoms. The van der Waals surface area contributed by atoms with Gasteiger partial charge in [-0.1, -0.05) is 6.07 Å². The average molecular weight is 387 g/mol. The van der Waals surface area contributed by atoms with Gasteiger partial charge in [-0.25, -0.2) is 8.78 Å². The smallest absolute Gasteiger partial charge is 0.387 e. The summed E-state index contributed by atoms with van der Waals surface area (Å²) in [5, 5.41) is 11.4. The van der Waals surface area contributed by atoms with Crippen LogP contribution in [0.4, 0.5) is 17.6 Å². The van der Waals surface area contributed by atoms with Crippen LogP contribution in [0.3, 0.4) is 0 Å². The number of para-hydroxylation sites is 1. The highest BCUT2D eigenvalue weighted by Gasteiger charge is 2.44. The van der Waals surface area contributed by atoms with E-state index in [9.17, 15) is 27.2 Å². The highest BCUT2D eigenvalue weighted by molar-refractivity contribution is 5.96. The van der Waals surface area contributed by atoms with Crippen LogP contribution in [-0.2, 0) is 10.7 Å². The summed E-state index contributed by atoms with van der Waals surface area (Å²) in [6.07, 6.45) is -0.351. The van der Waals surface area contributed by atoms with Gasteiger partial charge in [-0.05, 0) is 31.4 Å². The van der Waals surface area contributed by atoms with E-state index in [0.717, 1.165) is 18.2 Å². The number of benzene rings is 1. The Hall–Kier alpha value is -2.83. The van der Waals surface area contributed by atoms with Gasteiger partial charge in [0, 0.05) is 12.8 Å². The number of halogens is 4. The minimum Gasteiger partial charge on any atom is -0.433 e. The summed E-state index contributed by atoms with van der Waals surface area (Å²) in [6.45, 7) is -3.42. The number of carbonyl (C=O) groups is 2. The molecule has 0 heterocycles. The summed E-state index contributed by atoms with van der Waals surface area (Å²) in [7, 11) is 0. The predicted octanol–water partition coefficient (Wildman–Crippen LogP) is 2.82. The Morgan fingerprint density at radius 1 is 1.37 bits per heavy atom. The predicted molar refractivity (Wildman–Crippen MR) is 85.1 cm³/mol. The van der Waals surface area contributed by atoms with E-state index in [1.54, 1.807) is 0 Å². The standard InChI is InChI=1S/C17H17F4N3O3/c18-15(19)27-13-10(14(23)26)3-1-4-11(13)17(20,21)6-2-5-12(25)24-16(9-22)7-8-16/h1,3-4,15H,2,5-8H2,(H2,23,26)(H,24,25). The first-order valence-electron chi connectivity index (χ1n) is 8.08. The second-order valence-electron chi connectivity index (χ2n) is 6.23. The molecule has 146 valence electrons. The zero-order valence-corrected chi connectivity index (χ0v) is 14.1. The molecule has 0 unspecified atom stereocenters. The van der Waals surface area contributed by atoms with Crippen molar-refractivity contribution < 1.29 is 31.9 Å². The number of hydrogen-bond acceptors (Lipinski definition) is 4. The normalized spacial score (nSPS) is 15.1. The molecule has 0 saturated heterocycles. The minimum atomic E-state index is -3.64. The molecule has 0 aliphatic heterocycles. The van der Waals surface area contributed by atoms with Crippen LogP contribution in [0.5, 0.6) is 5.75 Å². The van der Waals surface area contributed by atoms with E-state index in [-0.39, 0.29) is 12.8 Å². The van der Waals surface area contributed by atoms with Crippen LogP contribution in [0.2, 0.25) is 0 Å². The summed E-state index contributed by atoms with van der Waals surface area (Å²) in [4.78, 5) is 23.1. The lowest BCUT2D eigenvalue weighted by Gasteiger charge is -2.21. The maximum atomic E-state index is 14.5. The Bertz CT molecular complexity index is 773. The fourth-order valence-corrected chi connectivity index (χ4v) is 2.56. The van der Waals surface area contributed by atoms with Crippen molar-refractivity contribution in [3.8, 4) is 11.8 Å². The number of rotatable bonds is 9. The minimum absolute atomic E-state index is 0.264. The van der Waals surface area contributed by atoms with Gasteiger partial charge in [0.05, 0.1) is 17.2 Å². The van der Waals surface area contributed by atoms with E-state index in [1.807, 2.05) is 6.07 Å². The summed E-state index contributed by atoms with van der Waals surface area (Å²) in [5.41, 5.74) is 2.64. The van der Waals surface area contributed by atoms with Crippen molar-refractivity contribution >= 4 is 11.8 Å². The average Bonchev–Trinajstić information content (AvgIpc) is 3.33. The number of hydrogen-bond donors (Lipinski definition) is 2. The van der Waals surface area contributed by atoms with E-state index in [0.29, 0.717) is 12.8 Å². The number of alkyl halides is 4. The molecule has 1 fully saturated rings. The molecule has 0 radical (unpaired) electrons. The molecule has 1 aliphatic rings. The van der Waals surface area contributed by atoms with Gasteiger partial charge in [-0.3, -0.25) is 9.59 Å². The van der Waals surface area contributed by atoms with Gasteiger partial charge in [0.1, 0.15) is 11.3 Å². The largest absolute Gasteiger partial charge is 0.433 e. The molecule has 3 N–H and O–H groups in total. The number of nitrogens with one attached hydrogen (secondary N) is 1. The van der Waals surface area contributed by atoms with Crippen LogP contribution in [0, 0.1) is 11.3 Å². The molecule has 6 nitrogen and oxygen atoms in total. The lowest BCUT2D eigenvalue weighted by molar-refractivity contribution is -0.122. The van der Waals surface area contributed by atoms with Crippen LogP contribution < -0.4 is 15.8 Å². The van der Waals surface area contributed by atoms with Crippen LogP contribution >= 0.6 is 0 Å². The first-order chi connectivity index (χ1) is 12.6. The molecule has 1 aromatic carbocycles. The van der Waals surface area contributed by atoms with Gasteiger partial charge in [0.15, 0.2) is 0 Å². The molecular weight excluding hydrogens is 370 g/mol. The molecule has 2 amide bonds. The van der Waals surface area contributed by atoms with E-state index in [1.165, 1.54) is 0 Å². The Morgan fingerprint density at radius 2 is 2.04 bits per heavy atom. The van der Waals surface area contributed by atoms with Crippen LogP contribution in [0.1, 0.15) is 48.0 Å². The molecule has 1 aliphatic carbocycles. The third kappa shape index (κ3) is 5.09. The zero-order chi connectivity index (χ0) is 20.2. The van der Waals surface area contributed by atoms with Crippen LogP contribution in [0.25, 0.3) is 0 Å². The highest BCUT2D eigenvalue weighted by Crippen LogP contribution is 2.41. The molecule has 2 rings (SSSR count). The number of nitrogens with zero attached hydrogens (tertiary/aromatic N) is 1. The van der Waals surface area contributed by atoms with E-state index >= 15 is 0 Å². The van der Waals surface area contributed by atoms with Crippen LogP contribution in [-0.4, -0.2) is 24.0 Å². The molecule has 1 aromatic rings. The number of nitrogens with two attached hydrogens (primary N) is 1. The van der Waals surface area contributed by atoms with E-state index in [2.05, 4.69) is 10.1 Å². The summed E-state index contributed by atoms with van der Waals surface area (Å²) in [6, 6.07) is 4.89. The van der Waals surface area contributed by atoms with Crippen molar-refractivity contribution in [2.24, 2.45) is 5.73 Å². The van der Waals surface area contributed by atoms with Crippen molar-refractivity contribution in [2.75, 3.05) is 0 Å². The molecule has 1 saturated carbocycles. The maximum absolute atomic E-state index is 14.5. The lowest BCUT2D eigenvalue weighted by Crippen LogP contribution is -2.35. The Labute approximate surface area is 152 Å². The molecule has 0 bridgehead atoms. The van der Waals surface area contributed by atoms with Gasteiger partial charge in [-0.2, -0.15) is 14.0 Å². The number of amides is 2. The number of ether oxygens (including phenoxy) is 1. The zero-order valence-electron chi connectivity index (χ0n) is 14.1. The van der Waals surface area contributed by atoms with Crippen molar-refractivity contribution in [1.82, 2.24) is 5.32 Å². The second kappa shape index (κ2) is 7.82. The third-order valence-corrected chi connectivity index (χ3v) is 4.12. The van der Waals surface area contributed by atoms with Crippen molar-refractivity contribution in [3.05, 3.63) is 29.3 Å². The Kier molecular flexibility index (Phi) is 5.93. The van der Waals surface area contributed by atoms with Crippen molar-refractivity contribution in [1.29, 1.82) is 5.26 Å². The van der Waals surface area contributed by atoms with E-state index < -0.39 is 53.2 Å². The maximum Gasteiger partial charge on any atom is 0.387 e. The first-order valence-corrected chi connectivity index (χ1v) is 8.08. The SMILES string of the molecule is N#CC1(NC(=O)CCCC(F)(F)c2cccc(C(N)=O)c2OC(F)F)CC1. The quantitative estimate of drug-likeness (QED) is 0.636. The van der Waals surface area contributed by atoms with Crippen LogP contribution in [0.15, 0.2) is 18.2 Å². The molecule has 0 aromatic heterocycles. The van der Waals surface area contributed by atoms with Gasteiger partial charge in [-0.15, -0.1) is 0 Å². The van der Waals surface area contributed by atoms with Gasteiger partial charge in [0.2, 0.25) is 5.91 Å². The fourth-order valence-electron chi connectivity index (χ4n) is 2.56. The van der Waals surface area contributed by atoms with Gasteiger partial charge in [0.25, 0.3) is 11.8 Å². The van der Waals surface area contributed by atoms with Gasteiger partial charge >= 0.3 is 6.61 Å². The highest BCUT2D eigenvalue weighted by atomic mass is 19.3. The first kappa shape index (κ1) is 20.5. The van der Waals surface area contributed by atoms with E-state index in [4.69, 9.17) is 11.0 Å². The van der Waals surface area contributed by atoms with Crippen molar-refractivity contribution in [3.63, 3.8) is 0 Å². The Balaban J connectivity index is 2.09. The molecule has 0 atom stereocenters. The molecular formula is C17H17F4N3O3. The number of carbonyl (C=O) groups excluding carboxylic acids is 2. The summed E-state index contributed by atoms with van der Waals surface area (Å²) in [5.74, 6) is -6.34. The molecule has 0 spiro atoms. The number of nitriles is 1. The fraction of sp³-hybridized carbons (Fsp3) is 0.471. The van der Waals surface area contributed by atoms with Gasteiger partial charge < -0.3 is 15.8 Å². The Morgan fingerprint density at radius 3 is 2.56 bits per heavy atom. The topological polar surface area (TPSA) is 105 Å².